The third-order valence-corrected chi connectivity index (χ3v) is 7.35. The van der Waals surface area contributed by atoms with Gasteiger partial charge in [-0.15, -0.1) is 6.58 Å². The van der Waals surface area contributed by atoms with Gasteiger partial charge in [0.05, 0.1) is 0 Å². The van der Waals surface area contributed by atoms with E-state index in [-0.39, 0.29) is 6.04 Å². The molecule has 0 aliphatic rings. The Morgan fingerprint density at radius 3 is 1.93 bits per heavy atom. The molecule has 1 N–H and O–H groups in total. The lowest BCUT2D eigenvalue weighted by Crippen LogP contribution is -2.33. The van der Waals surface area contributed by atoms with Crippen LogP contribution in [0.1, 0.15) is 17.5 Å². The quantitative estimate of drug-likeness (QED) is 0.410. The van der Waals surface area contributed by atoms with Crippen molar-refractivity contribution < 1.29 is 4.57 Å². The van der Waals surface area contributed by atoms with Crippen molar-refractivity contribution in [2.24, 2.45) is 0 Å². The van der Waals surface area contributed by atoms with Gasteiger partial charge in [-0.05, 0) is 43.2 Å². The Bertz CT molecular complexity index is 919. The summed E-state index contributed by atoms with van der Waals surface area (Å²) >= 11 is 0. The first kappa shape index (κ1) is 20.1. The predicted octanol–water partition coefficient (Wildman–Crippen LogP) is 5.47. The Morgan fingerprint density at radius 1 is 0.893 bits per heavy atom. The van der Waals surface area contributed by atoms with Crippen LogP contribution in [-0.2, 0) is 4.57 Å². The minimum atomic E-state index is -2.99. The summed E-state index contributed by atoms with van der Waals surface area (Å²) in [6.07, 6.45) is 6.69. The molecule has 0 spiro atoms. The maximum Gasteiger partial charge on any atom is 0.205 e. The molecule has 1 atom stereocenters. The molecular formula is C25H26NOP. The van der Waals surface area contributed by atoms with Crippen LogP contribution in [0.2, 0.25) is 0 Å². The molecule has 0 saturated heterocycles. The molecule has 3 rings (SSSR count). The van der Waals surface area contributed by atoms with Crippen LogP contribution in [0.4, 0.5) is 0 Å². The normalized spacial score (nSPS) is 12.8. The van der Waals surface area contributed by atoms with Crippen LogP contribution in [0.5, 0.6) is 0 Å². The second-order valence-corrected chi connectivity index (χ2v) is 9.32. The summed E-state index contributed by atoms with van der Waals surface area (Å²) in [4.78, 5) is 0. The zero-order valence-corrected chi connectivity index (χ0v) is 17.1. The van der Waals surface area contributed by atoms with E-state index in [1.54, 1.807) is 0 Å². The van der Waals surface area contributed by atoms with Crippen molar-refractivity contribution in [3.05, 3.63) is 115 Å². The Morgan fingerprint density at radius 2 is 1.43 bits per heavy atom. The first-order chi connectivity index (χ1) is 13.6. The molecule has 0 bridgehead atoms. The standard InChI is InChI=1S/C25H26NOP/c1-3-10-23(20-19-22-17-15-21(2)16-18-22)26-28(27,24-11-6-4-7-12-24)25-13-8-5-9-14-25/h3-9,11-20,23H,1,10H2,2H3,(H,26,27)/b20-19+/t23-/m1/s1. The smallest absolute Gasteiger partial charge is 0.205 e. The molecule has 0 saturated carbocycles. The average molecular weight is 387 g/mol. The molecular weight excluding hydrogens is 361 g/mol. The number of aryl methyl sites for hydroxylation is 1. The molecule has 28 heavy (non-hydrogen) atoms. The van der Waals surface area contributed by atoms with Crippen molar-refractivity contribution in [1.29, 1.82) is 0 Å². The van der Waals surface area contributed by atoms with E-state index in [2.05, 4.69) is 55.0 Å². The van der Waals surface area contributed by atoms with Crippen LogP contribution in [0.3, 0.4) is 0 Å². The molecule has 0 unspecified atom stereocenters. The van der Waals surface area contributed by atoms with E-state index in [0.717, 1.165) is 16.2 Å². The van der Waals surface area contributed by atoms with Gasteiger partial charge in [0.25, 0.3) is 0 Å². The molecule has 0 amide bonds. The largest absolute Gasteiger partial charge is 0.297 e. The van der Waals surface area contributed by atoms with Crippen LogP contribution in [0, 0.1) is 6.92 Å². The fourth-order valence-corrected chi connectivity index (χ4v) is 5.50. The first-order valence-corrected chi connectivity index (χ1v) is 11.2. The van der Waals surface area contributed by atoms with E-state index in [4.69, 9.17) is 0 Å². The molecule has 0 radical (unpaired) electrons. The van der Waals surface area contributed by atoms with Gasteiger partial charge in [-0.3, -0.25) is 9.65 Å². The highest BCUT2D eigenvalue weighted by molar-refractivity contribution is 7.76. The third-order valence-electron chi connectivity index (χ3n) is 4.61. The Labute approximate surface area is 168 Å². The van der Waals surface area contributed by atoms with Crippen molar-refractivity contribution in [2.75, 3.05) is 0 Å². The SMILES string of the molecule is C=CC[C@H](/C=C/c1ccc(C)cc1)NP(=O)(c1ccccc1)c1ccccc1. The average Bonchev–Trinajstić information content (AvgIpc) is 2.74. The highest BCUT2D eigenvalue weighted by Gasteiger charge is 2.28. The molecule has 142 valence electrons. The summed E-state index contributed by atoms with van der Waals surface area (Å²) in [5.41, 5.74) is 2.35. The summed E-state index contributed by atoms with van der Waals surface area (Å²) in [7, 11) is -2.99. The molecule has 0 fully saturated rings. The van der Waals surface area contributed by atoms with Crippen LogP contribution in [0.25, 0.3) is 6.08 Å². The van der Waals surface area contributed by atoms with E-state index >= 15 is 0 Å². The number of hydrogen-bond donors (Lipinski definition) is 1. The predicted molar refractivity (Wildman–Crippen MR) is 122 cm³/mol. The zero-order valence-electron chi connectivity index (χ0n) is 16.2. The third kappa shape index (κ3) is 4.98. The Hall–Kier alpha value is -2.67. The van der Waals surface area contributed by atoms with Crippen LogP contribution >= 0.6 is 7.29 Å². The fraction of sp³-hybridized carbons (Fsp3) is 0.120. The lowest BCUT2D eigenvalue weighted by Gasteiger charge is -2.25. The summed E-state index contributed by atoms with van der Waals surface area (Å²) in [6.45, 7) is 5.95. The van der Waals surface area contributed by atoms with Crippen molar-refractivity contribution in [2.45, 2.75) is 19.4 Å². The summed E-state index contributed by atoms with van der Waals surface area (Å²) in [5, 5.41) is 5.05. The minimum absolute atomic E-state index is 0.0925. The van der Waals surface area contributed by atoms with Gasteiger partial charge in [-0.25, -0.2) is 0 Å². The van der Waals surface area contributed by atoms with Crippen molar-refractivity contribution in [3.8, 4) is 0 Å². The number of rotatable bonds is 8. The Balaban J connectivity index is 1.94. The number of hydrogen-bond acceptors (Lipinski definition) is 1. The van der Waals surface area contributed by atoms with Gasteiger partial charge in [0.15, 0.2) is 0 Å². The topological polar surface area (TPSA) is 29.1 Å². The maximum atomic E-state index is 14.2. The Kier molecular flexibility index (Phi) is 6.81. The van der Waals surface area contributed by atoms with Crippen LogP contribution in [0.15, 0.2) is 104 Å². The van der Waals surface area contributed by atoms with Crippen LogP contribution in [-0.4, -0.2) is 6.04 Å². The number of nitrogens with one attached hydrogen (secondary N) is 1. The summed E-state index contributed by atoms with van der Waals surface area (Å²) in [5.74, 6) is 0. The van der Waals surface area contributed by atoms with E-state index < -0.39 is 7.29 Å². The first-order valence-electron chi connectivity index (χ1n) is 9.46. The van der Waals surface area contributed by atoms with E-state index in [1.165, 1.54) is 5.56 Å². The van der Waals surface area contributed by atoms with Crippen molar-refractivity contribution in [1.82, 2.24) is 5.09 Å². The highest BCUT2D eigenvalue weighted by Crippen LogP contribution is 2.39. The highest BCUT2D eigenvalue weighted by atomic mass is 31.2. The second-order valence-electron chi connectivity index (χ2n) is 6.81. The molecule has 0 aliphatic carbocycles. The summed E-state index contributed by atoms with van der Waals surface area (Å²) < 4.78 is 14.2. The van der Waals surface area contributed by atoms with E-state index in [9.17, 15) is 4.57 Å². The van der Waals surface area contributed by atoms with Gasteiger partial charge >= 0.3 is 0 Å². The minimum Gasteiger partial charge on any atom is -0.297 e. The maximum absolute atomic E-state index is 14.2. The zero-order chi connectivity index (χ0) is 19.8. The van der Waals surface area contributed by atoms with Gasteiger partial charge in [-0.1, -0.05) is 84.5 Å². The lowest BCUT2D eigenvalue weighted by atomic mass is 10.1. The van der Waals surface area contributed by atoms with E-state index in [1.807, 2.05) is 66.7 Å². The van der Waals surface area contributed by atoms with Crippen molar-refractivity contribution in [3.63, 3.8) is 0 Å². The van der Waals surface area contributed by atoms with E-state index in [0.29, 0.717) is 6.42 Å². The molecule has 0 aliphatic heterocycles. The second kappa shape index (κ2) is 9.50. The molecule has 0 aromatic heterocycles. The van der Waals surface area contributed by atoms with Gasteiger partial charge in [-0.2, -0.15) is 0 Å². The lowest BCUT2D eigenvalue weighted by molar-refractivity contribution is 0.571. The van der Waals surface area contributed by atoms with Crippen molar-refractivity contribution >= 4 is 24.0 Å². The fourth-order valence-electron chi connectivity index (χ4n) is 3.07. The molecule has 0 heterocycles. The molecule has 3 aromatic rings. The van der Waals surface area contributed by atoms with Crippen LogP contribution < -0.4 is 15.7 Å². The van der Waals surface area contributed by atoms with Gasteiger partial charge < -0.3 is 0 Å². The monoisotopic (exact) mass is 387 g/mol. The van der Waals surface area contributed by atoms with Gasteiger partial charge in [0.2, 0.25) is 7.29 Å². The summed E-state index contributed by atoms with van der Waals surface area (Å²) in [6, 6.07) is 27.6. The number of benzene rings is 3. The molecule has 3 heteroatoms. The molecule has 2 nitrogen and oxygen atoms in total. The van der Waals surface area contributed by atoms with Gasteiger partial charge in [0.1, 0.15) is 0 Å². The van der Waals surface area contributed by atoms with Gasteiger partial charge in [0, 0.05) is 16.7 Å². The molecule has 3 aromatic carbocycles.